The summed E-state index contributed by atoms with van der Waals surface area (Å²) in [5.41, 5.74) is 0. The molecule has 1 amide bonds. The van der Waals surface area contributed by atoms with Crippen LogP contribution in [0.2, 0.25) is 0 Å². The number of carbonyl (C=O) groups is 1. The molecule has 0 aromatic heterocycles. The van der Waals surface area contributed by atoms with Gasteiger partial charge >= 0.3 is 0 Å². The van der Waals surface area contributed by atoms with Crippen molar-refractivity contribution in [1.29, 1.82) is 0 Å². The number of hydrogen-bond donors (Lipinski definition) is 2. The van der Waals surface area contributed by atoms with Gasteiger partial charge in [0.15, 0.2) is 0 Å². The summed E-state index contributed by atoms with van der Waals surface area (Å²) in [6.07, 6.45) is 4.90. The lowest BCUT2D eigenvalue weighted by atomic mass is 10.3. The molecule has 2 nitrogen and oxygen atoms in total. The van der Waals surface area contributed by atoms with Gasteiger partial charge in [-0.1, -0.05) is 0 Å². The normalized spacial score (nSPS) is 9.83. The van der Waals surface area contributed by atoms with Gasteiger partial charge in [0.05, 0.1) is 0 Å². The lowest BCUT2D eigenvalue weighted by molar-refractivity contribution is -0.120. The molecule has 0 aromatic carbocycles. The first kappa shape index (κ1) is 12.2. The van der Waals surface area contributed by atoms with Gasteiger partial charge in [0.1, 0.15) is 0 Å². The first-order valence-electron chi connectivity index (χ1n) is 4.17. The maximum atomic E-state index is 10.9. The summed E-state index contributed by atoms with van der Waals surface area (Å²) in [4.78, 5) is 10.9. The zero-order chi connectivity index (χ0) is 9.23. The summed E-state index contributed by atoms with van der Waals surface area (Å²) >= 11 is 5.82. The van der Waals surface area contributed by atoms with E-state index in [1.165, 1.54) is 12.2 Å². The average molecular weight is 207 g/mol. The molecule has 0 radical (unpaired) electrons. The second-order valence-corrected chi connectivity index (χ2v) is 3.96. The highest BCUT2D eigenvalue weighted by Gasteiger charge is 1.96. The van der Waals surface area contributed by atoms with Crippen LogP contribution in [-0.4, -0.2) is 30.2 Å². The van der Waals surface area contributed by atoms with Crippen molar-refractivity contribution in [1.82, 2.24) is 5.32 Å². The van der Waals surface area contributed by atoms with E-state index in [-0.39, 0.29) is 5.91 Å². The van der Waals surface area contributed by atoms with Crippen LogP contribution in [0.4, 0.5) is 0 Å². The molecule has 0 saturated carbocycles. The van der Waals surface area contributed by atoms with Gasteiger partial charge in [-0.05, 0) is 30.6 Å². The average Bonchev–Trinajstić information content (AvgIpc) is 2.05. The Morgan fingerprint density at radius 2 is 2.25 bits per heavy atom. The molecule has 0 bridgehead atoms. The van der Waals surface area contributed by atoms with Crippen molar-refractivity contribution in [3.63, 3.8) is 0 Å². The molecule has 0 aliphatic rings. The Morgan fingerprint density at radius 3 is 2.83 bits per heavy atom. The number of thiol groups is 1. The molecule has 4 heteroatoms. The molecule has 0 aliphatic carbocycles. The van der Waals surface area contributed by atoms with E-state index in [1.54, 1.807) is 0 Å². The Hall–Kier alpha value is 0.170. The smallest absolute Gasteiger partial charge is 0.220 e. The molecular weight excluding hydrogens is 190 g/mol. The number of thioether (sulfide) groups is 1. The molecule has 0 rings (SSSR count). The van der Waals surface area contributed by atoms with E-state index in [0.29, 0.717) is 12.2 Å². The first-order chi connectivity index (χ1) is 5.81. The van der Waals surface area contributed by atoms with E-state index in [2.05, 4.69) is 24.2 Å². The molecule has 0 saturated heterocycles. The standard InChI is InChI=1S/C8H17NOS2/c1-12-7-3-2-5-9-8(10)4-6-11/h11H,2-7H2,1H3,(H,9,10). The molecule has 72 valence electrons. The van der Waals surface area contributed by atoms with Crippen molar-refractivity contribution in [2.24, 2.45) is 0 Å². The predicted octanol–water partition coefficient (Wildman–Crippen LogP) is 1.57. The van der Waals surface area contributed by atoms with Gasteiger partial charge in [0.25, 0.3) is 0 Å². The van der Waals surface area contributed by atoms with Crippen LogP contribution in [0.1, 0.15) is 19.3 Å². The number of carbonyl (C=O) groups excluding carboxylic acids is 1. The van der Waals surface area contributed by atoms with Crippen LogP contribution < -0.4 is 5.32 Å². The van der Waals surface area contributed by atoms with Crippen LogP contribution in [0.25, 0.3) is 0 Å². The Labute approximate surface area is 84.3 Å². The van der Waals surface area contributed by atoms with Crippen LogP contribution in [0.3, 0.4) is 0 Å². The minimum absolute atomic E-state index is 0.120. The van der Waals surface area contributed by atoms with E-state index >= 15 is 0 Å². The summed E-state index contributed by atoms with van der Waals surface area (Å²) in [6.45, 7) is 0.813. The minimum atomic E-state index is 0.120. The Balaban J connectivity index is 3.03. The molecule has 12 heavy (non-hydrogen) atoms. The van der Waals surface area contributed by atoms with E-state index < -0.39 is 0 Å². The topological polar surface area (TPSA) is 29.1 Å². The first-order valence-corrected chi connectivity index (χ1v) is 6.20. The van der Waals surface area contributed by atoms with Gasteiger partial charge in [0.2, 0.25) is 5.91 Å². The van der Waals surface area contributed by atoms with Crippen LogP contribution in [0, 0.1) is 0 Å². The van der Waals surface area contributed by atoms with E-state index in [4.69, 9.17) is 0 Å². The van der Waals surface area contributed by atoms with Gasteiger partial charge in [-0.2, -0.15) is 24.4 Å². The van der Waals surface area contributed by atoms with Gasteiger partial charge in [0, 0.05) is 13.0 Å². The molecule has 0 atom stereocenters. The highest BCUT2D eigenvalue weighted by molar-refractivity contribution is 7.98. The van der Waals surface area contributed by atoms with E-state index in [1.807, 2.05) is 11.8 Å². The molecule has 0 fully saturated rings. The van der Waals surface area contributed by atoms with Crippen molar-refractivity contribution in [2.75, 3.05) is 24.3 Å². The Kier molecular flexibility index (Phi) is 9.39. The summed E-state index contributed by atoms with van der Waals surface area (Å²) in [5.74, 6) is 1.94. The fraction of sp³-hybridized carbons (Fsp3) is 0.875. The summed E-state index contributed by atoms with van der Waals surface area (Å²) in [6, 6.07) is 0. The van der Waals surface area contributed by atoms with Crippen molar-refractivity contribution >= 4 is 30.3 Å². The highest BCUT2D eigenvalue weighted by atomic mass is 32.2. The second kappa shape index (κ2) is 9.26. The quantitative estimate of drug-likeness (QED) is 0.490. The van der Waals surface area contributed by atoms with Crippen molar-refractivity contribution in [3.05, 3.63) is 0 Å². The van der Waals surface area contributed by atoms with Gasteiger partial charge in [-0.3, -0.25) is 4.79 Å². The summed E-state index contributed by atoms with van der Waals surface area (Å²) in [7, 11) is 0. The molecule has 0 unspecified atom stereocenters. The third kappa shape index (κ3) is 8.27. The van der Waals surface area contributed by atoms with Gasteiger partial charge in [-0.15, -0.1) is 0 Å². The van der Waals surface area contributed by atoms with Crippen molar-refractivity contribution in [3.8, 4) is 0 Å². The Bertz CT molecular complexity index is 120. The lowest BCUT2D eigenvalue weighted by Crippen LogP contribution is -2.24. The molecule has 0 spiro atoms. The zero-order valence-corrected chi connectivity index (χ0v) is 9.22. The monoisotopic (exact) mass is 207 g/mol. The maximum absolute atomic E-state index is 10.9. The van der Waals surface area contributed by atoms with Gasteiger partial charge < -0.3 is 5.32 Å². The second-order valence-electron chi connectivity index (χ2n) is 2.52. The molecule has 0 aliphatic heterocycles. The Morgan fingerprint density at radius 1 is 1.50 bits per heavy atom. The van der Waals surface area contributed by atoms with Crippen LogP contribution in [0.15, 0.2) is 0 Å². The third-order valence-electron chi connectivity index (χ3n) is 1.44. The van der Waals surface area contributed by atoms with Crippen LogP contribution in [-0.2, 0) is 4.79 Å². The number of nitrogens with one attached hydrogen (secondary N) is 1. The zero-order valence-electron chi connectivity index (χ0n) is 7.51. The largest absolute Gasteiger partial charge is 0.356 e. The van der Waals surface area contributed by atoms with Gasteiger partial charge in [-0.25, -0.2) is 0 Å². The number of hydrogen-bond acceptors (Lipinski definition) is 3. The van der Waals surface area contributed by atoms with E-state index in [0.717, 1.165) is 13.0 Å². The van der Waals surface area contributed by atoms with E-state index in [9.17, 15) is 4.79 Å². The number of rotatable bonds is 7. The number of unbranched alkanes of at least 4 members (excludes halogenated alkanes) is 1. The predicted molar refractivity (Wildman–Crippen MR) is 59.1 cm³/mol. The van der Waals surface area contributed by atoms with Crippen LogP contribution in [0.5, 0.6) is 0 Å². The highest BCUT2D eigenvalue weighted by Crippen LogP contribution is 1.97. The maximum Gasteiger partial charge on any atom is 0.220 e. The fourth-order valence-corrected chi connectivity index (χ4v) is 1.49. The summed E-state index contributed by atoms with van der Waals surface area (Å²) < 4.78 is 0. The SMILES string of the molecule is CSCCCCNC(=O)CCS. The van der Waals surface area contributed by atoms with Crippen molar-refractivity contribution < 1.29 is 4.79 Å². The van der Waals surface area contributed by atoms with Crippen molar-refractivity contribution in [2.45, 2.75) is 19.3 Å². The van der Waals surface area contributed by atoms with Crippen LogP contribution >= 0.6 is 24.4 Å². The minimum Gasteiger partial charge on any atom is -0.356 e. The molecular formula is C8H17NOS2. The molecule has 0 heterocycles. The molecule has 0 aromatic rings. The lowest BCUT2D eigenvalue weighted by Gasteiger charge is -2.02. The number of amides is 1. The third-order valence-corrected chi connectivity index (χ3v) is 2.36. The summed E-state index contributed by atoms with van der Waals surface area (Å²) in [5, 5.41) is 2.85. The fourth-order valence-electron chi connectivity index (χ4n) is 0.789. The molecule has 1 N–H and O–H groups in total.